The van der Waals surface area contributed by atoms with E-state index >= 15 is 0 Å². The van der Waals surface area contributed by atoms with E-state index in [4.69, 9.17) is 20.2 Å². The predicted molar refractivity (Wildman–Crippen MR) is 103 cm³/mol. The summed E-state index contributed by atoms with van der Waals surface area (Å²) in [6, 6.07) is 0.815. The predicted octanol–water partition coefficient (Wildman–Crippen LogP) is 2.82. The minimum Gasteiger partial charge on any atom is -0.381 e. The molecule has 0 aromatic heterocycles. The first kappa shape index (κ1) is 19.2. The smallest absolute Gasteiger partial charge is 0.189 e. The second kappa shape index (κ2) is 8.85. The van der Waals surface area contributed by atoms with Gasteiger partial charge < -0.3 is 20.5 Å². The van der Waals surface area contributed by atoms with Crippen LogP contribution in [0.4, 0.5) is 0 Å². The van der Waals surface area contributed by atoms with Crippen molar-refractivity contribution in [2.45, 2.75) is 76.5 Å². The molecule has 2 saturated carbocycles. The number of guanidine groups is 1. The average Bonchev–Trinajstić information content (AvgIpc) is 2.55. The van der Waals surface area contributed by atoms with Crippen molar-refractivity contribution in [1.29, 1.82) is 0 Å². The molecule has 3 N–H and O–H groups in total. The Morgan fingerprint density at radius 1 is 1.26 bits per heavy atom. The first-order chi connectivity index (χ1) is 10.7. The number of rotatable bonds is 4. The van der Waals surface area contributed by atoms with Crippen molar-refractivity contribution < 1.29 is 9.47 Å². The Morgan fingerprint density at radius 2 is 1.96 bits per heavy atom. The Morgan fingerprint density at radius 3 is 2.61 bits per heavy atom. The van der Waals surface area contributed by atoms with E-state index in [2.05, 4.69) is 12.2 Å². The molecule has 1 heterocycles. The summed E-state index contributed by atoms with van der Waals surface area (Å²) in [5, 5.41) is 3.44. The van der Waals surface area contributed by atoms with Gasteiger partial charge in [0.1, 0.15) is 0 Å². The van der Waals surface area contributed by atoms with E-state index in [1.165, 1.54) is 32.1 Å². The van der Waals surface area contributed by atoms with Crippen molar-refractivity contribution in [3.63, 3.8) is 0 Å². The molecule has 0 aromatic rings. The summed E-state index contributed by atoms with van der Waals surface area (Å²) in [5.74, 6) is 0.637. The second-order valence-corrected chi connectivity index (χ2v) is 7.03. The van der Waals surface area contributed by atoms with Crippen molar-refractivity contribution in [2.24, 2.45) is 16.1 Å². The molecule has 2 atom stereocenters. The molecule has 3 fully saturated rings. The topological polar surface area (TPSA) is 68.9 Å². The van der Waals surface area contributed by atoms with Crippen LogP contribution in [0.15, 0.2) is 4.99 Å². The maximum atomic E-state index is 6.19. The highest BCUT2D eigenvalue weighted by Crippen LogP contribution is 2.52. The fourth-order valence-electron chi connectivity index (χ4n) is 4.41. The van der Waals surface area contributed by atoms with Gasteiger partial charge in [-0.2, -0.15) is 0 Å². The molecule has 1 spiro atoms. The molecule has 0 bridgehead atoms. The van der Waals surface area contributed by atoms with Crippen LogP contribution in [0, 0.1) is 5.41 Å². The third-order valence-electron chi connectivity index (χ3n) is 5.79. The van der Waals surface area contributed by atoms with E-state index in [-0.39, 0.29) is 29.4 Å². The number of hydrogen-bond donors (Lipinski definition) is 2. The van der Waals surface area contributed by atoms with E-state index in [0.29, 0.717) is 24.1 Å². The summed E-state index contributed by atoms with van der Waals surface area (Å²) < 4.78 is 11.5. The number of nitrogens with zero attached hydrogens (tertiary/aromatic N) is 1. The van der Waals surface area contributed by atoms with Gasteiger partial charge in [-0.15, -0.1) is 24.0 Å². The molecular formula is C17H32IN3O2. The van der Waals surface area contributed by atoms with Crippen molar-refractivity contribution in [1.82, 2.24) is 5.32 Å². The van der Waals surface area contributed by atoms with Gasteiger partial charge in [0.05, 0.1) is 12.1 Å². The van der Waals surface area contributed by atoms with E-state index < -0.39 is 0 Å². The van der Waals surface area contributed by atoms with Crippen molar-refractivity contribution in [3.05, 3.63) is 0 Å². The fourth-order valence-corrected chi connectivity index (χ4v) is 4.41. The monoisotopic (exact) mass is 437 g/mol. The van der Waals surface area contributed by atoms with Crippen LogP contribution in [-0.2, 0) is 9.47 Å². The number of nitrogens with one attached hydrogen (secondary N) is 1. The molecular weight excluding hydrogens is 405 g/mol. The molecule has 0 radical (unpaired) electrons. The number of halogens is 1. The zero-order valence-corrected chi connectivity index (χ0v) is 16.6. The molecule has 2 unspecified atom stereocenters. The maximum Gasteiger partial charge on any atom is 0.189 e. The summed E-state index contributed by atoms with van der Waals surface area (Å²) in [7, 11) is 0. The summed E-state index contributed by atoms with van der Waals surface area (Å²) in [5.41, 5.74) is 6.35. The molecule has 5 nitrogen and oxygen atoms in total. The van der Waals surface area contributed by atoms with Gasteiger partial charge in [-0.05, 0) is 39.0 Å². The van der Waals surface area contributed by atoms with Gasteiger partial charge in [0, 0.05) is 31.3 Å². The third kappa shape index (κ3) is 4.31. The lowest BCUT2D eigenvalue weighted by atomic mass is 9.58. The third-order valence-corrected chi connectivity index (χ3v) is 5.79. The molecule has 0 amide bonds. The van der Waals surface area contributed by atoms with Crippen LogP contribution in [0.2, 0.25) is 0 Å². The van der Waals surface area contributed by atoms with Gasteiger partial charge >= 0.3 is 0 Å². The van der Waals surface area contributed by atoms with Crippen LogP contribution in [0.3, 0.4) is 0 Å². The van der Waals surface area contributed by atoms with Gasteiger partial charge in [0.25, 0.3) is 0 Å². The Balaban J connectivity index is 0.00000192. The number of nitrogens with two attached hydrogens (primary N) is 1. The highest BCUT2D eigenvalue weighted by atomic mass is 127. The van der Waals surface area contributed by atoms with Crippen molar-refractivity contribution in [3.8, 4) is 0 Å². The summed E-state index contributed by atoms with van der Waals surface area (Å²) >= 11 is 0. The summed E-state index contributed by atoms with van der Waals surface area (Å²) in [4.78, 5) is 4.83. The minimum atomic E-state index is 0. The first-order valence-corrected chi connectivity index (χ1v) is 9.04. The Bertz CT molecular complexity index is 393. The number of hydrogen-bond acceptors (Lipinski definition) is 3. The molecule has 134 valence electrons. The fraction of sp³-hybridized carbons (Fsp3) is 0.941. The quantitative estimate of drug-likeness (QED) is 0.403. The Hall–Kier alpha value is -0.0800. The van der Waals surface area contributed by atoms with Gasteiger partial charge in [0.15, 0.2) is 5.96 Å². The van der Waals surface area contributed by atoms with E-state index in [1.807, 2.05) is 0 Å². The number of aliphatic imine (C=N–C) groups is 1. The first-order valence-electron chi connectivity index (χ1n) is 9.04. The van der Waals surface area contributed by atoms with Crippen molar-refractivity contribution in [2.75, 3.05) is 19.8 Å². The molecule has 1 aliphatic heterocycles. The van der Waals surface area contributed by atoms with Crippen molar-refractivity contribution >= 4 is 29.9 Å². The molecule has 1 saturated heterocycles. The van der Waals surface area contributed by atoms with E-state index in [9.17, 15) is 0 Å². The normalized spacial score (nSPS) is 31.3. The standard InChI is InChI=1S/C17H31N3O2.HI/c1-2-22-15-12-14(17(15)8-10-21-11-9-17)20-16(18)19-13-6-4-3-5-7-13;/h13-15H,2-12H2,1H3,(H3,18,19,20);1H. The molecule has 6 heteroatoms. The van der Waals surface area contributed by atoms with Gasteiger partial charge in [-0.1, -0.05) is 19.3 Å². The minimum absolute atomic E-state index is 0. The zero-order valence-electron chi connectivity index (χ0n) is 14.3. The Kier molecular flexibility index (Phi) is 7.41. The average molecular weight is 437 g/mol. The van der Waals surface area contributed by atoms with Gasteiger partial charge in [-0.3, -0.25) is 0 Å². The summed E-state index contributed by atoms with van der Waals surface area (Å²) in [6.07, 6.45) is 9.84. The Labute approximate surface area is 157 Å². The highest BCUT2D eigenvalue weighted by molar-refractivity contribution is 14.0. The SMILES string of the molecule is CCOC1CC(N=C(N)NC2CCCCC2)C12CCOCC2.I. The molecule has 3 aliphatic rings. The van der Waals surface area contributed by atoms with Crippen LogP contribution in [0.5, 0.6) is 0 Å². The van der Waals surface area contributed by atoms with E-state index in [1.54, 1.807) is 0 Å². The van der Waals surface area contributed by atoms with Crippen LogP contribution in [-0.4, -0.2) is 44.0 Å². The second-order valence-electron chi connectivity index (χ2n) is 7.03. The maximum absolute atomic E-state index is 6.19. The number of ether oxygens (including phenoxy) is 2. The molecule has 23 heavy (non-hydrogen) atoms. The van der Waals surface area contributed by atoms with Crippen LogP contribution in [0.1, 0.15) is 58.3 Å². The zero-order chi connectivity index (χ0) is 15.4. The van der Waals surface area contributed by atoms with Gasteiger partial charge in [-0.25, -0.2) is 4.99 Å². The lowest BCUT2D eigenvalue weighted by Gasteiger charge is -2.55. The largest absolute Gasteiger partial charge is 0.381 e. The lowest BCUT2D eigenvalue weighted by Crippen LogP contribution is -2.60. The molecule has 0 aromatic carbocycles. The van der Waals surface area contributed by atoms with Crippen LogP contribution in [0.25, 0.3) is 0 Å². The van der Waals surface area contributed by atoms with Crippen LogP contribution < -0.4 is 11.1 Å². The van der Waals surface area contributed by atoms with E-state index in [0.717, 1.165) is 39.1 Å². The lowest BCUT2D eigenvalue weighted by molar-refractivity contribution is -0.163. The highest BCUT2D eigenvalue weighted by Gasteiger charge is 2.56. The molecule has 2 aliphatic carbocycles. The van der Waals surface area contributed by atoms with Crippen LogP contribution >= 0.6 is 24.0 Å². The summed E-state index contributed by atoms with van der Waals surface area (Å²) in [6.45, 7) is 4.50. The molecule has 3 rings (SSSR count). The van der Waals surface area contributed by atoms with Gasteiger partial charge in [0.2, 0.25) is 0 Å².